The van der Waals surface area contributed by atoms with Gasteiger partial charge in [-0.15, -0.1) is 0 Å². The van der Waals surface area contributed by atoms with E-state index >= 15 is 0 Å². The van der Waals surface area contributed by atoms with E-state index < -0.39 is 11.5 Å². The van der Waals surface area contributed by atoms with E-state index in [1.54, 1.807) is 6.07 Å². The molecule has 0 bridgehead atoms. The van der Waals surface area contributed by atoms with E-state index in [9.17, 15) is 9.65 Å². The highest BCUT2D eigenvalue weighted by molar-refractivity contribution is 6.41. The number of ether oxygens (including phenoxy) is 1. The lowest BCUT2D eigenvalue weighted by Crippen LogP contribution is -2.36. The van der Waals surface area contributed by atoms with Crippen LogP contribution in [-0.4, -0.2) is 24.3 Å². The number of aryl methyl sites for hydroxylation is 1. The van der Waals surface area contributed by atoms with Crippen molar-refractivity contribution >= 4 is 11.5 Å². The summed E-state index contributed by atoms with van der Waals surface area (Å²) in [5.41, 5.74) is 10.0. The SMILES string of the molecule is CCOC1CCC(C2(c3cc(-c4cc(F)cc(C#N)c4)ccc3C)N=C(C)C(N)=N2)CC1. The minimum Gasteiger partial charge on any atom is -0.382 e. The summed E-state index contributed by atoms with van der Waals surface area (Å²) in [4.78, 5) is 9.97. The highest BCUT2D eigenvalue weighted by Crippen LogP contribution is 2.47. The van der Waals surface area contributed by atoms with Crippen molar-refractivity contribution in [2.24, 2.45) is 21.6 Å². The maximum atomic E-state index is 14.1. The maximum Gasteiger partial charge on any atom is 0.181 e. The molecule has 1 unspecified atom stereocenters. The van der Waals surface area contributed by atoms with Crippen LogP contribution < -0.4 is 5.73 Å². The zero-order valence-corrected chi connectivity index (χ0v) is 18.9. The number of aliphatic imine (C=N–C) groups is 2. The first-order valence-corrected chi connectivity index (χ1v) is 11.2. The second kappa shape index (κ2) is 8.84. The number of nitrogens with two attached hydrogens (primary N) is 1. The van der Waals surface area contributed by atoms with Crippen LogP contribution in [0.15, 0.2) is 46.4 Å². The van der Waals surface area contributed by atoms with Crippen molar-refractivity contribution in [1.29, 1.82) is 5.26 Å². The van der Waals surface area contributed by atoms with Crippen LogP contribution in [0.2, 0.25) is 0 Å². The number of halogens is 1. The van der Waals surface area contributed by atoms with Gasteiger partial charge in [0.15, 0.2) is 5.66 Å². The molecule has 32 heavy (non-hydrogen) atoms. The fraction of sp³-hybridized carbons (Fsp3) is 0.423. The normalized spacial score (nSPS) is 25.2. The predicted molar refractivity (Wildman–Crippen MR) is 125 cm³/mol. The van der Waals surface area contributed by atoms with Gasteiger partial charge in [-0.2, -0.15) is 5.26 Å². The fourth-order valence-electron chi connectivity index (χ4n) is 5.01. The van der Waals surface area contributed by atoms with Crippen LogP contribution >= 0.6 is 0 Å². The molecular weight excluding hydrogens is 403 g/mol. The monoisotopic (exact) mass is 432 g/mol. The summed E-state index contributed by atoms with van der Waals surface area (Å²) < 4.78 is 20.0. The van der Waals surface area contributed by atoms with Gasteiger partial charge >= 0.3 is 0 Å². The molecule has 2 aromatic carbocycles. The molecule has 1 fully saturated rings. The van der Waals surface area contributed by atoms with E-state index in [1.807, 2.05) is 45.0 Å². The Hall–Kier alpha value is -3.04. The number of hydrogen-bond donors (Lipinski definition) is 1. The van der Waals surface area contributed by atoms with E-state index in [0.717, 1.165) is 54.7 Å². The van der Waals surface area contributed by atoms with Crippen LogP contribution in [0.1, 0.15) is 56.2 Å². The third kappa shape index (κ3) is 4.05. The van der Waals surface area contributed by atoms with Crippen LogP contribution in [0, 0.1) is 30.0 Å². The van der Waals surface area contributed by atoms with Gasteiger partial charge in [-0.1, -0.05) is 12.1 Å². The van der Waals surface area contributed by atoms with E-state index in [4.69, 9.17) is 20.5 Å². The Labute approximate surface area is 188 Å². The standard InChI is InChI=1S/C26H29FN4O/c1-4-32-23-9-7-21(8-10-23)26(30-17(3)25(29)31-26)24-14-19(6-5-16(24)2)20-11-18(15-28)12-22(27)13-20/h5-6,11-14,21,23H,4,7-10H2,1-3H3,(H2,29,31). The van der Waals surface area contributed by atoms with Crippen molar-refractivity contribution in [3.8, 4) is 17.2 Å². The molecule has 0 aromatic heterocycles. The number of nitriles is 1. The minimum atomic E-state index is -0.781. The van der Waals surface area contributed by atoms with Gasteiger partial charge in [0.2, 0.25) is 0 Å². The molecule has 4 rings (SSSR count). The van der Waals surface area contributed by atoms with E-state index in [0.29, 0.717) is 17.0 Å². The smallest absolute Gasteiger partial charge is 0.181 e. The van der Waals surface area contributed by atoms with Crippen molar-refractivity contribution < 1.29 is 9.13 Å². The molecule has 0 radical (unpaired) electrons. The summed E-state index contributed by atoms with van der Waals surface area (Å²) in [6.45, 7) is 6.70. The van der Waals surface area contributed by atoms with Gasteiger partial charge in [0, 0.05) is 18.1 Å². The van der Waals surface area contributed by atoms with Gasteiger partial charge in [-0.25, -0.2) is 9.38 Å². The van der Waals surface area contributed by atoms with Crippen LogP contribution in [0.25, 0.3) is 11.1 Å². The first-order chi connectivity index (χ1) is 15.4. The minimum absolute atomic E-state index is 0.200. The van der Waals surface area contributed by atoms with E-state index in [2.05, 4.69) is 0 Å². The largest absolute Gasteiger partial charge is 0.382 e. The zero-order valence-electron chi connectivity index (χ0n) is 18.9. The van der Waals surface area contributed by atoms with Crippen LogP contribution in [0.3, 0.4) is 0 Å². The highest BCUT2D eigenvalue weighted by Gasteiger charge is 2.46. The summed E-state index contributed by atoms with van der Waals surface area (Å²) >= 11 is 0. The molecule has 1 aliphatic heterocycles. The zero-order chi connectivity index (χ0) is 22.9. The Morgan fingerprint density at radius 1 is 1.09 bits per heavy atom. The molecule has 1 heterocycles. The van der Waals surface area contributed by atoms with Gasteiger partial charge in [0.25, 0.3) is 0 Å². The lowest BCUT2D eigenvalue weighted by Gasteiger charge is -2.38. The number of rotatable bonds is 5. The molecule has 0 amide bonds. The van der Waals surface area contributed by atoms with Gasteiger partial charge in [-0.3, -0.25) is 4.99 Å². The Balaban J connectivity index is 1.79. The van der Waals surface area contributed by atoms with Crippen LogP contribution in [-0.2, 0) is 10.4 Å². The average Bonchev–Trinajstić information content (AvgIpc) is 3.09. The summed E-state index contributed by atoms with van der Waals surface area (Å²) in [5, 5.41) is 9.26. The second-order valence-corrected chi connectivity index (χ2v) is 8.72. The van der Waals surface area contributed by atoms with Crippen molar-refractivity contribution in [3.05, 3.63) is 58.9 Å². The third-order valence-electron chi connectivity index (χ3n) is 6.64. The number of nitrogens with zero attached hydrogens (tertiary/aromatic N) is 3. The molecule has 5 nitrogen and oxygen atoms in total. The van der Waals surface area contributed by atoms with Gasteiger partial charge in [-0.05, 0) is 87.4 Å². The molecule has 1 saturated carbocycles. The molecule has 1 aliphatic carbocycles. The highest BCUT2D eigenvalue weighted by atomic mass is 19.1. The molecule has 2 N–H and O–H groups in total. The summed E-state index contributed by atoms with van der Waals surface area (Å²) in [5.74, 6) is 0.243. The average molecular weight is 433 g/mol. The Morgan fingerprint density at radius 2 is 1.84 bits per heavy atom. The van der Waals surface area contributed by atoms with Crippen molar-refractivity contribution in [2.75, 3.05) is 6.61 Å². The van der Waals surface area contributed by atoms with E-state index in [1.165, 1.54) is 12.1 Å². The molecule has 2 aliphatic rings. The maximum absolute atomic E-state index is 14.1. The molecular formula is C26H29FN4O. The number of hydrogen-bond acceptors (Lipinski definition) is 5. The number of amidine groups is 1. The molecule has 0 saturated heterocycles. The van der Waals surface area contributed by atoms with Crippen molar-refractivity contribution in [1.82, 2.24) is 0 Å². The fourth-order valence-corrected chi connectivity index (χ4v) is 5.01. The Bertz CT molecular complexity index is 1110. The van der Waals surface area contributed by atoms with Crippen molar-refractivity contribution in [2.45, 2.75) is 58.2 Å². The first-order valence-electron chi connectivity index (χ1n) is 11.2. The molecule has 2 aromatic rings. The predicted octanol–water partition coefficient (Wildman–Crippen LogP) is 5.25. The Kier molecular flexibility index (Phi) is 6.12. The first kappa shape index (κ1) is 22.2. The summed E-state index contributed by atoms with van der Waals surface area (Å²) in [6.07, 6.45) is 4.11. The van der Waals surface area contributed by atoms with Crippen molar-refractivity contribution in [3.63, 3.8) is 0 Å². The molecule has 0 spiro atoms. The Morgan fingerprint density at radius 3 is 2.47 bits per heavy atom. The molecule has 6 heteroatoms. The van der Waals surface area contributed by atoms with Crippen LogP contribution in [0.4, 0.5) is 4.39 Å². The second-order valence-electron chi connectivity index (χ2n) is 8.72. The van der Waals surface area contributed by atoms with Gasteiger partial charge in [0.05, 0.1) is 23.4 Å². The van der Waals surface area contributed by atoms with Crippen LogP contribution in [0.5, 0.6) is 0 Å². The molecule has 1 atom stereocenters. The number of benzene rings is 2. The lowest BCUT2D eigenvalue weighted by atomic mass is 9.74. The molecule has 166 valence electrons. The summed E-state index contributed by atoms with van der Waals surface area (Å²) in [7, 11) is 0. The third-order valence-corrected chi connectivity index (χ3v) is 6.64. The quantitative estimate of drug-likeness (QED) is 0.700. The van der Waals surface area contributed by atoms with Gasteiger partial charge in [0.1, 0.15) is 11.7 Å². The lowest BCUT2D eigenvalue weighted by molar-refractivity contribution is 0.0154. The topological polar surface area (TPSA) is 83.8 Å². The van der Waals surface area contributed by atoms with Gasteiger partial charge < -0.3 is 10.5 Å². The summed E-state index contributed by atoms with van der Waals surface area (Å²) in [6, 6.07) is 12.4. The van der Waals surface area contributed by atoms with E-state index in [-0.39, 0.29) is 12.0 Å².